The molecule has 4 heterocycles. The summed E-state index contributed by atoms with van der Waals surface area (Å²) in [4.78, 5) is 130. The summed E-state index contributed by atoms with van der Waals surface area (Å²) in [7, 11) is -0.906. The lowest BCUT2D eigenvalue weighted by Gasteiger charge is -2.32. The number of ketones is 4. The van der Waals surface area contributed by atoms with Crippen molar-refractivity contribution in [3.8, 4) is 40.2 Å². The number of amides is 2. The molecule has 1 aliphatic heterocycles. The average Bonchev–Trinajstić information content (AvgIpc) is 0.788. The topological polar surface area (TPSA) is 459 Å². The second kappa shape index (κ2) is 64.8. The highest BCUT2D eigenvalue weighted by molar-refractivity contribution is 14.1. The first kappa shape index (κ1) is 125. The van der Waals surface area contributed by atoms with Crippen LogP contribution < -0.4 is 43.5 Å². The monoisotopic (exact) mass is 2190 g/mol. The zero-order chi connectivity index (χ0) is 109. The Morgan fingerprint density at radius 3 is 1.60 bits per heavy atom. The number of carboxylic acid groups (broad SMARTS) is 1. The van der Waals surface area contributed by atoms with Crippen LogP contribution in [0.1, 0.15) is 263 Å². The number of carbonyl (C=O) groups excluding carboxylic acids is 8. The van der Waals surface area contributed by atoms with Crippen LogP contribution in [0.15, 0.2) is 127 Å². The van der Waals surface area contributed by atoms with Gasteiger partial charge in [0.15, 0.2) is 17.3 Å². The number of aromatic carboxylic acids is 1. The molecule has 3 aromatic heterocycles. The zero-order valence-corrected chi connectivity index (χ0v) is 93.2. The first-order valence-corrected chi connectivity index (χ1v) is 55.8. The first-order valence-electron chi connectivity index (χ1n) is 50.1. The van der Waals surface area contributed by atoms with Crippen molar-refractivity contribution in [1.29, 1.82) is 5.26 Å². The third-order valence-corrected chi connectivity index (χ3v) is 26.4. The molecule has 0 radical (unpaired) electrons. The van der Waals surface area contributed by atoms with E-state index < -0.39 is 68.6 Å². The number of aromatic nitrogens is 3. The van der Waals surface area contributed by atoms with Gasteiger partial charge in [0.1, 0.15) is 51.0 Å². The standard InChI is InChI=1S/C52H67N7O7.C18H23NO2.C14H14ClNO2.C11H14ClNSi.C6H15BO2.C6H5ClIN.C6H10O3/c1-6-7-8-9-11-35-13-16-42-39(27-35)33(3)49(34(4)57-42)45(61)31-38(19-21-54)52(64)59(5)50-37-15-18-48(66-25-23-56)41(30-37)40-28-36(14-17-47(40)65-24-22-55)29-43(44(60)12-10-20-53)58-51(63)32(2)26-46(50)62;1-4-5-6-7-8-14-9-10-16-15(11-14)12(2)17(18(20)21)13(3)19-16;1-4-18-14(17)13-8(2)11-7-10(15)5-6-12(11)16-9(13)3;1-14(2,3)7-6-9-8-10(12)4-5-11(9)13;1-2-3-4-5-6-7(8)9;7-4-1-2-6(9)5(8)3-4;1-3-9-6(8)4-5(2)7/h13-18,27-28,30,32,38,43,50H,6-12,19,21-26,29,31,54-56H2,1-5H3,(H,58,63);9-11H,4-8H2,1-3H3,(H,20,21);5-7H,4H2,1-3H3;4-5,8H,13H2,1-3H3;8-9H,2-6H2,1H3;1-3H,9H2;3-4H2,1-2H3/t32-,38-,43+,50+;;;;;;/m1....../s1. The quantitative estimate of drug-likeness (QED) is 0.00255. The molecule has 4 bridgehead atoms. The van der Waals surface area contributed by atoms with E-state index >= 15 is 0 Å². The number of benzene rings is 7. The van der Waals surface area contributed by atoms with Gasteiger partial charge in [0.05, 0.1) is 64.4 Å². The lowest BCUT2D eigenvalue weighted by molar-refractivity contribution is -0.145. The number of pyridine rings is 3. The van der Waals surface area contributed by atoms with Gasteiger partial charge in [-0.05, 0) is 278 Å². The number of fused-ring (bicyclic) bond motifs is 8. The zero-order valence-electron chi connectivity index (χ0n) is 87.8. The first-order chi connectivity index (χ1) is 69.4. The Labute approximate surface area is 891 Å². The molecule has 0 saturated heterocycles. The number of nitrogens with zero attached hydrogens (tertiary/aromatic N) is 5. The molecule has 4 atom stereocenters. The molecule has 0 fully saturated rings. The van der Waals surface area contributed by atoms with Crippen molar-refractivity contribution < 1.29 is 77.3 Å². The van der Waals surface area contributed by atoms with Crippen molar-refractivity contribution in [3.05, 3.63) is 224 Å². The molecule has 1 aliphatic rings. The van der Waals surface area contributed by atoms with Crippen molar-refractivity contribution >= 4 is 170 Å². The molecule has 0 aliphatic carbocycles. The number of Topliss-reactive ketones (excluding diaryl/α,β-unsaturated/α-hetero) is 4. The number of aryl methyl sites for hydroxylation is 8. The molecule has 0 spiro atoms. The van der Waals surface area contributed by atoms with Crippen molar-refractivity contribution in [2.45, 2.75) is 263 Å². The summed E-state index contributed by atoms with van der Waals surface area (Å²) < 4.78 is 22.8. The van der Waals surface area contributed by atoms with Gasteiger partial charge in [-0.3, -0.25) is 48.5 Å². The van der Waals surface area contributed by atoms with Crippen molar-refractivity contribution in [1.82, 2.24) is 25.2 Å². The normalized spacial score (nSPS) is 13.2. The molecule has 0 saturated carbocycles. The molecule has 7 aromatic carbocycles. The summed E-state index contributed by atoms with van der Waals surface area (Å²) in [6.45, 7) is 32.2. The molecule has 0 unspecified atom stereocenters. The highest BCUT2D eigenvalue weighted by Crippen LogP contribution is 2.42. The van der Waals surface area contributed by atoms with Crippen LogP contribution >= 0.6 is 57.4 Å². The number of anilines is 2. The minimum absolute atomic E-state index is 0.0256. The Morgan fingerprint density at radius 1 is 0.603 bits per heavy atom. The van der Waals surface area contributed by atoms with Gasteiger partial charge in [-0.15, -0.1) is 5.54 Å². The lowest BCUT2D eigenvalue weighted by atomic mass is 9.83. The van der Waals surface area contributed by atoms with Gasteiger partial charge < -0.3 is 73.0 Å². The third kappa shape index (κ3) is 41.1. The maximum absolute atomic E-state index is 14.9. The van der Waals surface area contributed by atoms with Gasteiger partial charge in [0, 0.05) is 132 Å². The number of esters is 2. The number of likely N-dealkylation sites (N-methyl/N-ethyl adjacent to an activating group) is 1. The molecule has 11 rings (SSSR count). The number of nitrogens with one attached hydrogen (secondary N) is 1. The van der Waals surface area contributed by atoms with E-state index in [4.69, 9.17) is 92.7 Å². The van der Waals surface area contributed by atoms with E-state index in [9.17, 15) is 53.5 Å². The second-order valence-corrected chi connectivity index (χ2v) is 44.3. The third-order valence-electron chi connectivity index (χ3n) is 23.9. The fourth-order valence-corrected chi connectivity index (χ4v) is 18.1. The number of unbranched alkanes of at least 4 members (excludes halogenated alkanes) is 9. The number of nitrogen functional groups attached to an aromatic ring is 2. The summed E-state index contributed by atoms with van der Waals surface area (Å²) in [6.07, 6.45) is 16.1. The van der Waals surface area contributed by atoms with Crippen LogP contribution in [-0.4, -0.2) is 162 Å². The van der Waals surface area contributed by atoms with Gasteiger partial charge in [-0.1, -0.05) is 177 Å². The molecule has 146 heavy (non-hydrogen) atoms. The van der Waals surface area contributed by atoms with Crippen LogP contribution in [0.5, 0.6) is 11.5 Å². The minimum atomic E-state index is -1.34. The maximum atomic E-state index is 14.9. The molecule has 2 amide bonds. The minimum Gasteiger partial charge on any atom is -0.492 e. The predicted octanol–water partition coefficient (Wildman–Crippen LogP) is 22.2. The maximum Gasteiger partial charge on any atom is 0.451 e. The van der Waals surface area contributed by atoms with E-state index in [1.54, 1.807) is 95.3 Å². The number of carbonyl (C=O) groups is 9. The summed E-state index contributed by atoms with van der Waals surface area (Å²) in [5.41, 5.74) is 47.5. The molecular formula is C113H148BCl3IN11O16Si. The fraction of sp³-hybridized carbons (Fsp3) is 0.442. The summed E-state index contributed by atoms with van der Waals surface area (Å²) >= 11 is 19.6. The fourth-order valence-electron chi connectivity index (χ4n) is 16.4. The smallest absolute Gasteiger partial charge is 0.451 e. The van der Waals surface area contributed by atoms with E-state index in [1.165, 1.54) is 74.9 Å². The van der Waals surface area contributed by atoms with Gasteiger partial charge in [-0.25, -0.2) is 9.59 Å². The van der Waals surface area contributed by atoms with Crippen LogP contribution in [-0.2, 0) is 57.5 Å². The molecule has 14 N–H and O–H groups in total. The van der Waals surface area contributed by atoms with E-state index in [0.29, 0.717) is 103 Å². The van der Waals surface area contributed by atoms with Crippen molar-refractivity contribution in [3.63, 3.8) is 0 Å². The Bertz CT molecular complexity index is 6210. The van der Waals surface area contributed by atoms with Crippen LogP contribution in [0.2, 0.25) is 41.0 Å². The number of rotatable bonds is 37. The average molecular weight is 2190 g/mol. The van der Waals surface area contributed by atoms with Gasteiger partial charge in [0.2, 0.25) is 11.8 Å². The Hall–Kier alpha value is -11.3. The van der Waals surface area contributed by atoms with Crippen LogP contribution in [0.25, 0.3) is 43.8 Å². The number of ether oxygens (including phenoxy) is 4. The number of carboxylic acids is 1. The van der Waals surface area contributed by atoms with Gasteiger partial charge in [-0.2, -0.15) is 5.26 Å². The van der Waals surface area contributed by atoms with Crippen molar-refractivity contribution in [2.24, 2.45) is 29.0 Å². The Kier molecular flexibility index (Phi) is 55.5. The Balaban J connectivity index is 0.000000372. The summed E-state index contributed by atoms with van der Waals surface area (Å²) in [5.74, 6) is -1.66. The molecule has 33 heteroatoms. The number of nitriles is 1. The SMILES string of the molecule is CCCCCCB(O)O.CCCCCCc1ccc2nc(C)c(C(=O)C[C@@H](CCN)C(=O)N(C)[C@@H]3C(=O)C[C@@H](C)C(=O)N[C@H](C(=O)CCC#N)Cc4ccc(OCCN)c(c4)-c4cc3ccc4OCCN)c(C)c2c1.CCCCCCc1ccc2nc(C)c(C(=O)O)c(C)c2c1.CCOC(=O)CC(C)=O.CCOC(=O)c1c(C)nc2ccc(Cl)cc2c1C.C[Si](C)(C)C#Cc1cc(Cl)ccc1N.Nc1ccc(Cl)cc1I. The second-order valence-electron chi connectivity index (χ2n) is 37.1. The number of nitrogens with two attached hydrogens (primary N) is 5. The predicted molar refractivity (Wildman–Crippen MR) is 600 cm³/mol. The molecule has 27 nitrogen and oxygen atoms in total. The van der Waals surface area contributed by atoms with Gasteiger partial charge >= 0.3 is 25.0 Å². The highest BCUT2D eigenvalue weighted by Gasteiger charge is 2.37. The summed E-state index contributed by atoms with van der Waals surface area (Å²) in [6, 6.07) is 39.0. The number of halogens is 4. The molecule has 786 valence electrons. The lowest BCUT2D eigenvalue weighted by Crippen LogP contribution is -2.46. The highest BCUT2D eigenvalue weighted by atomic mass is 127. The Morgan fingerprint density at radius 2 is 1.10 bits per heavy atom. The van der Waals surface area contributed by atoms with E-state index in [2.05, 4.69) is 119 Å². The molecule has 10 aromatic rings. The van der Waals surface area contributed by atoms with Crippen LogP contribution in [0.4, 0.5) is 11.4 Å². The van der Waals surface area contributed by atoms with Crippen molar-refractivity contribution in [2.75, 3.05) is 64.6 Å². The van der Waals surface area contributed by atoms with Crippen LogP contribution in [0, 0.1) is 79.7 Å². The van der Waals surface area contributed by atoms with E-state index in [-0.39, 0.29) is 101 Å². The number of hydrogen-bond acceptors (Lipinski definition) is 24. The van der Waals surface area contributed by atoms with Gasteiger partial charge in [0.25, 0.3) is 0 Å². The largest absolute Gasteiger partial charge is 0.492 e. The van der Waals surface area contributed by atoms with Crippen LogP contribution in [0.3, 0.4) is 0 Å². The number of hydrogen-bond donors (Lipinski definition) is 9. The van der Waals surface area contributed by atoms with E-state index in [0.717, 1.165) is 114 Å². The summed E-state index contributed by atoms with van der Waals surface area (Å²) in [5, 5.41) is 43.0. The molecular weight excluding hydrogens is 2040 g/mol. The van der Waals surface area contributed by atoms with E-state index in [1.807, 2.05) is 76.2 Å².